The van der Waals surface area contributed by atoms with Crippen molar-refractivity contribution in [2.24, 2.45) is 10.7 Å². The zero-order chi connectivity index (χ0) is 9.40. The van der Waals surface area contributed by atoms with Gasteiger partial charge in [0.1, 0.15) is 0 Å². The average Bonchev–Trinajstić information content (AvgIpc) is 2.00. The Bertz CT molecular complexity index is 134. The predicted molar refractivity (Wildman–Crippen MR) is 51.1 cm³/mol. The van der Waals surface area contributed by atoms with Crippen LogP contribution in [0.2, 0.25) is 0 Å². The Kier molecular flexibility index (Phi) is 6.47. The number of nitrogens with zero attached hydrogens (tertiary/aromatic N) is 1. The van der Waals surface area contributed by atoms with Crippen LogP contribution >= 0.6 is 0 Å². The topological polar surface area (TPSA) is 70.6 Å². The maximum absolute atomic E-state index is 8.92. The lowest BCUT2D eigenvalue weighted by molar-refractivity contribution is 0.186. The zero-order valence-electron chi connectivity index (χ0n) is 7.88. The van der Waals surface area contributed by atoms with Crippen LogP contribution < -0.4 is 11.1 Å². The highest BCUT2D eigenvalue weighted by molar-refractivity contribution is 5.77. The third-order valence-corrected chi connectivity index (χ3v) is 1.37. The van der Waals surface area contributed by atoms with E-state index in [0.29, 0.717) is 18.9 Å². The Morgan fingerprint density at radius 1 is 1.67 bits per heavy atom. The molecular formula is C8H19N3O. The molecule has 72 valence electrons. The van der Waals surface area contributed by atoms with E-state index in [9.17, 15) is 0 Å². The van der Waals surface area contributed by atoms with Gasteiger partial charge in [0.15, 0.2) is 5.96 Å². The van der Waals surface area contributed by atoms with E-state index >= 15 is 0 Å². The highest BCUT2D eigenvalue weighted by Crippen LogP contribution is 1.85. The third-order valence-electron chi connectivity index (χ3n) is 1.37. The summed E-state index contributed by atoms with van der Waals surface area (Å²) in [6, 6.07) is 0. The van der Waals surface area contributed by atoms with Crippen LogP contribution in [-0.4, -0.2) is 30.3 Å². The summed E-state index contributed by atoms with van der Waals surface area (Å²) in [5.41, 5.74) is 5.50. The fraction of sp³-hybridized carbons (Fsp3) is 0.875. The van der Waals surface area contributed by atoms with Crippen molar-refractivity contribution in [3.05, 3.63) is 0 Å². The molecule has 0 amide bonds. The quantitative estimate of drug-likeness (QED) is 0.407. The van der Waals surface area contributed by atoms with Crippen LogP contribution in [0.3, 0.4) is 0 Å². The van der Waals surface area contributed by atoms with Crippen LogP contribution in [0.4, 0.5) is 0 Å². The van der Waals surface area contributed by atoms with Gasteiger partial charge in [-0.15, -0.1) is 0 Å². The molecule has 0 aromatic carbocycles. The second-order valence-corrected chi connectivity index (χ2v) is 2.83. The molecular weight excluding hydrogens is 154 g/mol. The summed E-state index contributed by atoms with van der Waals surface area (Å²) in [6.45, 7) is 5.23. The van der Waals surface area contributed by atoms with Crippen LogP contribution in [0.1, 0.15) is 26.7 Å². The molecule has 0 aliphatic rings. The minimum Gasteiger partial charge on any atom is -0.393 e. The summed E-state index contributed by atoms with van der Waals surface area (Å²) in [5.74, 6) is 0.470. The summed E-state index contributed by atoms with van der Waals surface area (Å²) < 4.78 is 0. The summed E-state index contributed by atoms with van der Waals surface area (Å²) in [7, 11) is 0. The lowest BCUT2D eigenvalue weighted by atomic mass is 10.3. The number of guanidine groups is 1. The molecule has 0 bridgehead atoms. The SMILES string of the molecule is CCCN=C(N)NCCC(C)O. The summed E-state index contributed by atoms with van der Waals surface area (Å²) in [5, 5.41) is 11.8. The van der Waals surface area contributed by atoms with E-state index < -0.39 is 0 Å². The van der Waals surface area contributed by atoms with Gasteiger partial charge in [0.05, 0.1) is 6.10 Å². The van der Waals surface area contributed by atoms with Gasteiger partial charge in [-0.1, -0.05) is 6.92 Å². The van der Waals surface area contributed by atoms with Crippen molar-refractivity contribution in [3.8, 4) is 0 Å². The zero-order valence-corrected chi connectivity index (χ0v) is 7.88. The van der Waals surface area contributed by atoms with Gasteiger partial charge in [0, 0.05) is 13.1 Å². The first kappa shape index (κ1) is 11.2. The monoisotopic (exact) mass is 173 g/mol. The van der Waals surface area contributed by atoms with Crippen molar-refractivity contribution in [2.45, 2.75) is 32.8 Å². The standard InChI is InChI=1S/C8H19N3O/c1-3-5-10-8(9)11-6-4-7(2)12/h7,12H,3-6H2,1-2H3,(H3,9,10,11). The number of hydrogen-bond donors (Lipinski definition) is 3. The molecule has 4 heteroatoms. The first-order valence-electron chi connectivity index (χ1n) is 4.38. The summed E-state index contributed by atoms with van der Waals surface area (Å²) in [6.07, 6.45) is 1.41. The van der Waals surface area contributed by atoms with Gasteiger partial charge < -0.3 is 16.2 Å². The number of rotatable bonds is 5. The van der Waals surface area contributed by atoms with Gasteiger partial charge in [0.2, 0.25) is 0 Å². The van der Waals surface area contributed by atoms with Crippen LogP contribution in [-0.2, 0) is 0 Å². The molecule has 0 aliphatic heterocycles. The lowest BCUT2D eigenvalue weighted by Gasteiger charge is -2.06. The molecule has 0 fully saturated rings. The number of hydrogen-bond acceptors (Lipinski definition) is 2. The molecule has 12 heavy (non-hydrogen) atoms. The van der Waals surface area contributed by atoms with Gasteiger partial charge in [-0.25, -0.2) is 0 Å². The van der Waals surface area contributed by atoms with Crippen molar-refractivity contribution in [2.75, 3.05) is 13.1 Å². The van der Waals surface area contributed by atoms with Crippen LogP contribution in [0.15, 0.2) is 4.99 Å². The van der Waals surface area contributed by atoms with E-state index in [1.54, 1.807) is 6.92 Å². The van der Waals surface area contributed by atoms with Crippen LogP contribution in [0, 0.1) is 0 Å². The van der Waals surface area contributed by atoms with Gasteiger partial charge >= 0.3 is 0 Å². The van der Waals surface area contributed by atoms with Crippen molar-refractivity contribution >= 4 is 5.96 Å². The fourth-order valence-electron chi connectivity index (χ4n) is 0.697. The number of aliphatic imine (C=N–C) groups is 1. The molecule has 0 spiro atoms. The number of nitrogens with one attached hydrogen (secondary N) is 1. The normalized spacial score (nSPS) is 14.4. The molecule has 0 aromatic rings. The molecule has 0 radical (unpaired) electrons. The molecule has 1 atom stereocenters. The molecule has 0 aliphatic carbocycles. The molecule has 0 saturated carbocycles. The highest BCUT2D eigenvalue weighted by atomic mass is 16.3. The Balaban J connectivity index is 3.36. The maximum Gasteiger partial charge on any atom is 0.188 e. The van der Waals surface area contributed by atoms with Crippen LogP contribution in [0.5, 0.6) is 0 Å². The van der Waals surface area contributed by atoms with Gasteiger partial charge in [-0.3, -0.25) is 4.99 Å². The average molecular weight is 173 g/mol. The van der Waals surface area contributed by atoms with Crippen LogP contribution in [0.25, 0.3) is 0 Å². The first-order chi connectivity index (χ1) is 5.66. The Labute approximate surface area is 73.9 Å². The van der Waals surface area contributed by atoms with Crippen molar-refractivity contribution in [1.82, 2.24) is 5.32 Å². The van der Waals surface area contributed by atoms with Crippen molar-refractivity contribution in [1.29, 1.82) is 0 Å². The minimum atomic E-state index is -0.281. The molecule has 0 aromatic heterocycles. The maximum atomic E-state index is 8.92. The number of aliphatic hydroxyl groups excluding tert-OH is 1. The van der Waals surface area contributed by atoms with Gasteiger partial charge in [0.25, 0.3) is 0 Å². The van der Waals surface area contributed by atoms with E-state index in [1.165, 1.54) is 0 Å². The fourth-order valence-corrected chi connectivity index (χ4v) is 0.697. The van der Waals surface area contributed by atoms with E-state index in [2.05, 4.69) is 10.3 Å². The first-order valence-corrected chi connectivity index (χ1v) is 4.38. The summed E-state index contributed by atoms with van der Waals surface area (Å²) in [4.78, 5) is 4.04. The second-order valence-electron chi connectivity index (χ2n) is 2.83. The van der Waals surface area contributed by atoms with E-state index in [4.69, 9.17) is 10.8 Å². The Morgan fingerprint density at radius 2 is 2.33 bits per heavy atom. The molecule has 4 N–H and O–H groups in total. The minimum absolute atomic E-state index is 0.281. The predicted octanol–water partition coefficient (Wildman–Crippen LogP) is 0.0716. The number of nitrogens with two attached hydrogens (primary N) is 1. The number of aliphatic hydroxyl groups is 1. The highest BCUT2D eigenvalue weighted by Gasteiger charge is 1.94. The van der Waals surface area contributed by atoms with Gasteiger partial charge in [-0.05, 0) is 19.8 Å². The molecule has 0 heterocycles. The Hall–Kier alpha value is -0.770. The Morgan fingerprint density at radius 3 is 2.83 bits per heavy atom. The summed E-state index contributed by atoms with van der Waals surface area (Å²) >= 11 is 0. The largest absolute Gasteiger partial charge is 0.393 e. The molecule has 0 saturated heterocycles. The lowest BCUT2D eigenvalue weighted by Crippen LogP contribution is -2.33. The molecule has 1 unspecified atom stereocenters. The second kappa shape index (κ2) is 6.91. The van der Waals surface area contributed by atoms with Crippen molar-refractivity contribution in [3.63, 3.8) is 0 Å². The van der Waals surface area contributed by atoms with Gasteiger partial charge in [-0.2, -0.15) is 0 Å². The van der Waals surface area contributed by atoms with Crippen molar-refractivity contribution < 1.29 is 5.11 Å². The third kappa shape index (κ3) is 7.34. The van der Waals surface area contributed by atoms with E-state index in [-0.39, 0.29) is 6.10 Å². The molecule has 0 rings (SSSR count). The molecule has 4 nitrogen and oxygen atoms in total. The smallest absolute Gasteiger partial charge is 0.188 e. The van der Waals surface area contributed by atoms with E-state index in [1.807, 2.05) is 6.92 Å². The van der Waals surface area contributed by atoms with E-state index in [0.717, 1.165) is 13.0 Å².